The zero-order chi connectivity index (χ0) is 11.3. The Morgan fingerprint density at radius 2 is 2.20 bits per heavy atom. The van der Waals surface area contributed by atoms with E-state index in [4.69, 9.17) is 4.74 Å². The predicted molar refractivity (Wildman–Crippen MR) is 58.7 cm³/mol. The van der Waals surface area contributed by atoms with Crippen molar-refractivity contribution in [1.82, 2.24) is 0 Å². The van der Waals surface area contributed by atoms with E-state index in [0.29, 0.717) is 17.7 Å². The summed E-state index contributed by atoms with van der Waals surface area (Å²) in [6, 6.07) is 7.20. The summed E-state index contributed by atoms with van der Waals surface area (Å²) in [5, 5.41) is 0. The van der Waals surface area contributed by atoms with Gasteiger partial charge in [-0.25, -0.2) is 4.79 Å². The van der Waals surface area contributed by atoms with Crippen LogP contribution in [0.15, 0.2) is 30.8 Å². The first kappa shape index (κ1) is 11.3. The van der Waals surface area contributed by atoms with E-state index in [1.54, 1.807) is 12.1 Å². The van der Waals surface area contributed by atoms with Gasteiger partial charge in [0, 0.05) is 0 Å². The first-order valence-electron chi connectivity index (χ1n) is 4.69. The summed E-state index contributed by atoms with van der Waals surface area (Å²) in [5.41, 5.74) is 1.05. The molecule has 0 aliphatic carbocycles. The van der Waals surface area contributed by atoms with Crippen LogP contribution < -0.4 is 4.74 Å². The number of benzene rings is 1. The number of rotatable bonds is 4. The van der Waals surface area contributed by atoms with E-state index in [9.17, 15) is 4.79 Å². The Morgan fingerprint density at radius 1 is 1.47 bits per heavy atom. The molecule has 1 rings (SSSR count). The maximum Gasteiger partial charge on any atom is 0.337 e. The summed E-state index contributed by atoms with van der Waals surface area (Å²) < 4.78 is 9.90. The van der Waals surface area contributed by atoms with E-state index in [2.05, 4.69) is 11.3 Å². The van der Waals surface area contributed by atoms with Gasteiger partial charge in [0.2, 0.25) is 0 Å². The van der Waals surface area contributed by atoms with Crippen LogP contribution in [0.5, 0.6) is 5.75 Å². The SMILES string of the molecule is C=C(C(=O)OC)c1cccc(OCC)c1. The predicted octanol–water partition coefficient (Wildman–Crippen LogP) is 2.27. The van der Waals surface area contributed by atoms with E-state index in [0.717, 1.165) is 5.75 Å². The summed E-state index contributed by atoms with van der Waals surface area (Å²) in [5.74, 6) is 0.295. The van der Waals surface area contributed by atoms with E-state index >= 15 is 0 Å². The lowest BCUT2D eigenvalue weighted by Crippen LogP contribution is -2.02. The van der Waals surface area contributed by atoms with Crippen LogP contribution in [0.3, 0.4) is 0 Å². The molecule has 0 aliphatic heterocycles. The third-order valence-electron chi connectivity index (χ3n) is 1.93. The van der Waals surface area contributed by atoms with Gasteiger partial charge in [-0.1, -0.05) is 18.7 Å². The number of hydrogen-bond donors (Lipinski definition) is 0. The zero-order valence-corrected chi connectivity index (χ0v) is 8.95. The van der Waals surface area contributed by atoms with Gasteiger partial charge in [-0.05, 0) is 24.6 Å². The molecule has 0 saturated heterocycles. The lowest BCUT2D eigenvalue weighted by atomic mass is 10.1. The average Bonchev–Trinajstić information content (AvgIpc) is 2.28. The van der Waals surface area contributed by atoms with Crippen molar-refractivity contribution in [3.05, 3.63) is 36.4 Å². The summed E-state index contributed by atoms with van der Waals surface area (Å²) in [6.45, 7) is 6.16. The highest BCUT2D eigenvalue weighted by Crippen LogP contribution is 2.19. The molecule has 0 aliphatic rings. The molecule has 3 nitrogen and oxygen atoms in total. The molecule has 1 aromatic carbocycles. The molecule has 0 unspecified atom stereocenters. The van der Waals surface area contributed by atoms with Crippen molar-refractivity contribution < 1.29 is 14.3 Å². The smallest absolute Gasteiger partial charge is 0.337 e. The third-order valence-corrected chi connectivity index (χ3v) is 1.93. The summed E-state index contributed by atoms with van der Waals surface area (Å²) in [7, 11) is 1.33. The zero-order valence-electron chi connectivity index (χ0n) is 8.95. The molecular weight excluding hydrogens is 192 g/mol. The van der Waals surface area contributed by atoms with Gasteiger partial charge in [-0.2, -0.15) is 0 Å². The fourth-order valence-electron chi connectivity index (χ4n) is 1.18. The number of hydrogen-bond acceptors (Lipinski definition) is 3. The maximum absolute atomic E-state index is 11.2. The molecule has 0 N–H and O–H groups in total. The minimum Gasteiger partial charge on any atom is -0.494 e. The van der Waals surface area contributed by atoms with Crippen LogP contribution in [0.4, 0.5) is 0 Å². The van der Waals surface area contributed by atoms with E-state index in [1.807, 2.05) is 19.1 Å². The quantitative estimate of drug-likeness (QED) is 0.560. The molecule has 0 aromatic heterocycles. The van der Waals surface area contributed by atoms with Crippen molar-refractivity contribution in [2.75, 3.05) is 13.7 Å². The van der Waals surface area contributed by atoms with Gasteiger partial charge in [0.25, 0.3) is 0 Å². The Labute approximate surface area is 89.3 Å². The van der Waals surface area contributed by atoms with Crippen LogP contribution in [-0.4, -0.2) is 19.7 Å². The van der Waals surface area contributed by atoms with Crippen LogP contribution in [0.1, 0.15) is 12.5 Å². The Morgan fingerprint density at radius 3 is 2.80 bits per heavy atom. The number of ether oxygens (including phenoxy) is 2. The van der Waals surface area contributed by atoms with E-state index in [-0.39, 0.29) is 0 Å². The van der Waals surface area contributed by atoms with Gasteiger partial charge in [0.15, 0.2) is 0 Å². The van der Waals surface area contributed by atoms with Gasteiger partial charge in [-0.15, -0.1) is 0 Å². The standard InChI is InChI=1S/C12H14O3/c1-4-15-11-7-5-6-10(8-11)9(2)12(13)14-3/h5-8H,2,4H2,1,3H3. The maximum atomic E-state index is 11.2. The van der Waals surface area contributed by atoms with Crippen molar-refractivity contribution in [3.8, 4) is 5.75 Å². The number of methoxy groups -OCH3 is 1. The van der Waals surface area contributed by atoms with Crippen molar-refractivity contribution in [2.45, 2.75) is 6.92 Å². The number of carbonyl (C=O) groups excluding carboxylic acids is 1. The van der Waals surface area contributed by atoms with Crippen molar-refractivity contribution in [2.24, 2.45) is 0 Å². The second kappa shape index (κ2) is 5.20. The van der Waals surface area contributed by atoms with Crippen LogP contribution in [0.25, 0.3) is 5.57 Å². The molecule has 0 bridgehead atoms. The molecule has 0 fully saturated rings. The normalized spacial score (nSPS) is 9.47. The van der Waals surface area contributed by atoms with Crippen molar-refractivity contribution >= 4 is 11.5 Å². The van der Waals surface area contributed by atoms with Gasteiger partial charge in [0.1, 0.15) is 5.75 Å². The van der Waals surface area contributed by atoms with Crippen LogP contribution in [0, 0.1) is 0 Å². The highest BCUT2D eigenvalue weighted by molar-refractivity contribution is 6.15. The topological polar surface area (TPSA) is 35.5 Å². The van der Waals surface area contributed by atoms with Crippen LogP contribution in [0.2, 0.25) is 0 Å². The van der Waals surface area contributed by atoms with E-state index in [1.165, 1.54) is 7.11 Å². The lowest BCUT2D eigenvalue weighted by molar-refractivity contribution is -0.133. The Kier molecular flexibility index (Phi) is 3.92. The first-order chi connectivity index (χ1) is 7.19. The van der Waals surface area contributed by atoms with Gasteiger partial charge in [-0.3, -0.25) is 0 Å². The van der Waals surface area contributed by atoms with Crippen LogP contribution >= 0.6 is 0 Å². The summed E-state index contributed by atoms with van der Waals surface area (Å²) in [6.07, 6.45) is 0. The average molecular weight is 206 g/mol. The number of esters is 1. The summed E-state index contributed by atoms with van der Waals surface area (Å²) in [4.78, 5) is 11.2. The molecule has 0 spiro atoms. The molecule has 0 amide bonds. The Balaban J connectivity index is 2.90. The fourth-order valence-corrected chi connectivity index (χ4v) is 1.18. The van der Waals surface area contributed by atoms with Gasteiger partial charge in [0.05, 0.1) is 19.3 Å². The molecular formula is C12H14O3. The number of carbonyl (C=O) groups is 1. The largest absolute Gasteiger partial charge is 0.494 e. The molecule has 0 radical (unpaired) electrons. The second-order valence-corrected chi connectivity index (χ2v) is 2.93. The third kappa shape index (κ3) is 2.84. The van der Waals surface area contributed by atoms with Gasteiger partial charge < -0.3 is 9.47 Å². The van der Waals surface area contributed by atoms with Gasteiger partial charge >= 0.3 is 5.97 Å². The second-order valence-electron chi connectivity index (χ2n) is 2.93. The summed E-state index contributed by atoms with van der Waals surface area (Å²) >= 11 is 0. The molecule has 1 aromatic rings. The Bertz CT molecular complexity index is 369. The minimum absolute atomic E-state index is 0.332. The highest BCUT2D eigenvalue weighted by Gasteiger charge is 2.09. The van der Waals surface area contributed by atoms with Crippen LogP contribution in [-0.2, 0) is 9.53 Å². The monoisotopic (exact) mass is 206 g/mol. The Hall–Kier alpha value is -1.77. The van der Waals surface area contributed by atoms with Crippen molar-refractivity contribution in [3.63, 3.8) is 0 Å². The molecule has 80 valence electrons. The molecule has 3 heteroatoms. The molecule has 0 heterocycles. The molecule has 15 heavy (non-hydrogen) atoms. The lowest BCUT2D eigenvalue weighted by Gasteiger charge is -2.06. The minimum atomic E-state index is -0.427. The fraction of sp³-hybridized carbons (Fsp3) is 0.250. The van der Waals surface area contributed by atoms with Crippen molar-refractivity contribution in [1.29, 1.82) is 0 Å². The molecule has 0 atom stereocenters. The molecule has 0 saturated carbocycles. The highest BCUT2D eigenvalue weighted by atomic mass is 16.5. The van der Waals surface area contributed by atoms with E-state index < -0.39 is 5.97 Å². The first-order valence-corrected chi connectivity index (χ1v) is 4.69.